The number of halogens is 3. The van der Waals surface area contributed by atoms with Crippen LogP contribution in [0, 0.1) is 5.92 Å². The lowest BCUT2D eigenvalue weighted by Crippen LogP contribution is -2.53. The molecule has 2 fully saturated rings. The molecule has 2 aromatic rings. The van der Waals surface area contributed by atoms with Gasteiger partial charge in [-0.05, 0) is 82.3 Å². The van der Waals surface area contributed by atoms with Gasteiger partial charge in [0.25, 0.3) is 5.91 Å². The number of amides is 2. The topological polar surface area (TPSA) is 86.8 Å². The highest BCUT2D eigenvalue weighted by Gasteiger charge is 2.44. The number of nitrogens with zero attached hydrogens (tertiary/aromatic N) is 2. The second kappa shape index (κ2) is 12.5. The van der Waals surface area contributed by atoms with E-state index in [9.17, 15) is 31.2 Å². The summed E-state index contributed by atoms with van der Waals surface area (Å²) < 4.78 is 66.2. The molecule has 0 unspecified atom stereocenters. The quantitative estimate of drug-likeness (QED) is 0.453. The molecular formula is C30H38F3N3O4S. The van der Waals surface area contributed by atoms with Crippen molar-refractivity contribution in [1.82, 2.24) is 15.1 Å². The van der Waals surface area contributed by atoms with Gasteiger partial charge >= 0.3 is 6.18 Å². The molecule has 0 bridgehead atoms. The second-order valence-electron chi connectivity index (χ2n) is 11.2. The Morgan fingerprint density at radius 2 is 1.78 bits per heavy atom. The van der Waals surface area contributed by atoms with Crippen molar-refractivity contribution in [2.75, 3.05) is 18.8 Å². The molecule has 7 nitrogen and oxygen atoms in total. The maximum absolute atomic E-state index is 13.5. The summed E-state index contributed by atoms with van der Waals surface area (Å²) in [6.45, 7) is 7.49. The number of likely N-dealkylation sites (tertiary alicyclic amines) is 1. The van der Waals surface area contributed by atoms with Crippen LogP contribution in [0.3, 0.4) is 0 Å². The van der Waals surface area contributed by atoms with Gasteiger partial charge < -0.3 is 10.2 Å². The van der Waals surface area contributed by atoms with Crippen molar-refractivity contribution < 1.29 is 31.2 Å². The molecule has 11 heteroatoms. The highest BCUT2D eigenvalue weighted by Crippen LogP contribution is 2.36. The molecule has 1 heterocycles. The van der Waals surface area contributed by atoms with Crippen LogP contribution in [0.4, 0.5) is 13.2 Å². The van der Waals surface area contributed by atoms with Crippen molar-refractivity contribution in [3.05, 3.63) is 65.7 Å². The van der Waals surface area contributed by atoms with Gasteiger partial charge in [-0.2, -0.15) is 13.2 Å². The highest BCUT2D eigenvalue weighted by atomic mass is 32.2. The molecule has 2 amide bonds. The molecule has 0 aromatic heterocycles. The number of benzene rings is 2. The minimum Gasteiger partial charge on any atom is -0.340 e. The van der Waals surface area contributed by atoms with Crippen molar-refractivity contribution in [2.24, 2.45) is 5.92 Å². The van der Waals surface area contributed by atoms with E-state index in [1.165, 1.54) is 6.07 Å². The van der Waals surface area contributed by atoms with Crippen molar-refractivity contribution in [3.8, 4) is 0 Å². The first-order valence-electron chi connectivity index (χ1n) is 14.1. The monoisotopic (exact) mass is 593 g/mol. The Kier molecular flexibility index (Phi) is 9.48. The molecule has 0 spiro atoms. The van der Waals surface area contributed by atoms with E-state index in [2.05, 4.69) is 31.0 Å². The molecule has 4 rings (SSSR count). The first-order valence-corrected chi connectivity index (χ1v) is 15.8. The van der Waals surface area contributed by atoms with E-state index in [0.717, 1.165) is 31.2 Å². The summed E-state index contributed by atoms with van der Waals surface area (Å²) in [7, 11) is -3.62. The molecule has 1 aliphatic carbocycles. The summed E-state index contributed by atoms with van der Waals surface area (Å²) in [5.41, 5.74) is -1.11. The Balaban J connectivity index is 1.52. The molecular weight excluding hydrogens is 555 g/mol. The maximum Gasteiger partial charge on any atom is 0.416 e. The first-order chi connectivity index (χ1) is 19.3. The van der Waals surface area contributed by atoms with Crippen molar-refractivity contribution in [2.45, 2.75) is 81.7 Å². The van der Waals surface area contributed by atoms with Gasteiger partial charge in [-0.3, -0.25) is 14.5 Å². The number of rotatable bonds is 9. The second-order valence-corrected chi connectivity index (χ2v) is 13.3. The van der Waals surface area contributed by atoms with E-state index in [0.29, 0.717) is 25.8 Å². The van der Waals surface area contributed by atoms with Gasteiger partial charge in [-0.25, -0.2) is 8.42 Å². The van der Waals surface area contributed by atoms with Crippen LogP contribution in [0.1, 0.15) is 62.4 Å². The number of hydrogen-bond acceptors (Lipinski definition) is 5. The number of hydrogen-bond donors (Lipinski definition) is 1. The lowest BCUT2D eigenvalue weighted by molar-refractivity contribution is -0.137. The van der Waals surface area contributed by atoms with Gasteiger partial charge in [0.1, 0.15) is 6.04 Å². The maximum atomic E-state index is 13.5. The van der Waals surface area contributed by atoms with Gasteiger partial charge in [-0.1, -0.05) is 31.2 Å². The summed E-state index contributed by atoms with van der Waals surface area (Å²) in [6, 6.07) is 11.7. The number of carbonyl (C=O) groups is 2. The Hall–Kier alpha value is -2.92. The third-order valence-electron chi connectivity index (χ3n) is 8.35. The number of sulfone groups is 1. The molecule has 1 saturated carbocycles. The average Bonchev–Trinajstić information content (AvgIpc) is 3.28. The SMILES string of the molecule is CCN(C(C)C)[C@@H]1CC[C@H](N2CC[C@H](NC(=O)c3cccc(C(F)(F)F)c3)C2=O)[C@H](CS(=O)(=O)c2ccccc2)C1. The average molecular weight is 594 g/mol. The summed E-state index contributed by atoms with van der Waals surface area (Å²) in [5.74, 6) is -1.49. The molecule has 41 heavy (non-hydrogen) atoms. The third kappa shape index (κ3) is 7.12. The Bertz CT molecular complexity index is 1330. The van der Waals surface area contributed by atoms with Crippen LogP contribution in [0.15, 0.2) is 59.5 Å². The predicted octanol–water partition coefficient (Wildman–Crippen LogP) is 4.78. The van der Waals surface area contributed by atoms with Crippen LogP contribution in [0.25, 0.3) is 0 Å². The molecule has 1 aliphatic heterocycles. The summed E-state index contributed by atoms with van der Waals surface area (Å²) in [6.07, 6.45) is -2.23. The molecule has 2 aliphatic rings. The first kappa shape index (κ1) is 31.0. The largest absolute Gasteiger partial charge is 0.416 e. The van der Waals surface area contributed by atoms with Gasteiger partial charge in [-0.15, -0.1) is 0 Å². The molecule has 2 aromatic carbocycles. The number of carbonyl (C=O) groups excluding carboxylic acids is 2. The summed E-state index contributed by atoms with van der Waals surface area (Å²) in [4.78, 5) is 30.6. The number of alkyl halides is 3. The smallest absolute Gasteiger partial charge is 0.340 e. The van der Waals surface area contributed by atoms with Gasteiger partial charge in [0.15, 0.2) is 9.84 Å². The minimum absolute atomic E-state index is 0.0983. The fourth-order valence-electron chi connectivity index (χ4n) is 6.41. The molecule has 1 N–H and O–H groups in total. The zero-order valence-electron chi connectivity index (χ0n) is 23.6. The van der Waals surface area contributed by atoms with E-state index < -0.39 is 33.5 Å². The third-order valence-corrected chi connectivity index (χ3v) is 10.2. The van der Waals surface area contributed by atoms with Crippen molar-refractivity contribution in [3.63, 3.8) is 0 Å². The Labute approximate surface area is 240 Å². The van der Waals surface area contributed by atoms with Crippen LogP contribution < -0.4 is 5.32 Å². The highest BCUT2D eigenvalue weighted by molar-refractivity contribution is 7.91. The van der Waals surface area contributed by atoms with Crippen LogP contribution >= 0.6 is 0 Å². The standard InChI is InChI=1S/C30H38F3N3O4S/c1-4-35(20(2)3)24-13-14-27(22(18-24)19-41(39,40)25-11-6-5-7-12-25)36-16-15-26(29(36)38)34-28(37)21-9-8-10-23(17-21)30(31,32)33/h5-12,17,20,22,24,26-27H,4,13-16,18-19H2,1-3H3,(H,34,37)/t22-,24+,26-,27-/m0/s1. The van der Waals surface area contributed by atoms with E-state index >= 15 is 0 Å². The molecule has 224 valence electrons. The minimum atomic E-state index is -4.59. The van der Waals surface area contributed by atoms with Gasteiger partial charge in [0.2, 0.25) is 5.91 Å². The van der Waals surface area contributed by atoms with E-state index in [-0.39, 0.29) is 46.2 Å². The Morgan fingerprint density at radius 1 is 1.07 bits per heavy atom. The lowest BCUT2D eigenvalue weighted by Gasteiger charge is -2.45. The van der Waals surface area contributed by atoms with Crippen LogP contribution in [0.2, 0.25) is 0 Å². The Morgan fingerprint density at radius 3 is 2.41 bits per heavy atom. The van der Waals surface area contributed by atoms with Crippen LogP contribution in [-0.4, -0.2) is 73.0 Å². The summed E-state index contributed by atoms with van der Waals surface area (Å²) >= 11 is 0. The molecule has 4 atom stereocenters. The van der Waals surface area contributed by atoms with Crippen LogP contribution in [-0.2, 0) is 20.8 Å². The van der Waals surface area contributed by atoms with Crippen molar-refractivity contribution in [1.29, 1.82) is 0 Å². The number of nitrogens with one attached hydrogen (secondary N) is 1. The van der Waals surface area contributed by atoms with E-state index in [1.807, 2.05) is 0 Å². The lowest BCUT2D eigenvalue weighted by atomic mass is 9.80. The molecule has 1 saturated heterocycles. The van der Waals surface area contributed by atoms with Gasteiger partial charge in [0.05, 0.1) is 16.2 Å². The van der Waals surface area contributed by atoms with Gasteiger partial charge in [0, 0.05) is 30.2 Å². The predicted molar refractivity (Wildman–Crippen MR) is 150 cm³/mol. The van der Waals surface area contributed by atoms with E-state index in [4.69, 9.17) is 0 Å². The van der Waals surface area contributed by atoms with E-state index in [1.54, 1.807) is 35.2 Å². The molecule has 0 radical (unpaired) electrons. The fraction of sp³-hybridized carbons (Fsp3) is 0.533. The normalized spacial score (nSPS) is 23.8. The fourth-order valence-corrected chi connectivity index (χ4v) is 8.09. The zero-order chi connectivity index (χ0) is 29.9. The summed E-state index contributed by atoms with van der Waals surface area (Å²) in [5, 5.41) is 2.61. The van der Waals surface area contributed by atoms with Crippen molar-refractivity contribution >= 4 is 21.7 Å². The van der Waals surface area contributed by atoms with Crippen LogP contribution in [0.5, 0.6) is 0 Å². The zero-order valence-corrected chi connectivity index (χ0v) is 24.4.